The van der Waals surface area contributed by atoms with Crippen molar-refractivity contribution >= 4 is 27.6 Å². The van der Waals surface area contributed by atoms with Gasteiger partial charge in [0.1, 0.15) is 6.07 Å². The van der Waals surface area contributed by atoms with E-state index in [1.54, 1.807) is 79.0 Å². The van der Waals surface area contributed by atoms with Crippen LogP contribution >= 0.6 is 0 Å². The number of anilines is 1. The van der Waals surface area contributed by atoms with Gasteiger partial charge in [0.05, 0.1) is 21.8 Å². The van der Waals surface area contributed by atoms with Crippen molar-refractivity contribution in [1.29, 1.82) is 5.26 Å². The molecule has 0 heterocycles. The van der Waals surface area contributed by atoms with Crippen LogP contribution in [0.2, 0.25) is 0 Å². The number of nitrogens with one attached hydrogen (secondary N) is 1. The van der Waals surface area contributed by atoms with E-state index in [1.165, 1.54) is 0 Å². The standard InChI is InChI=1S/C21H17N3O2S/c1-16-10-12-19(13-11-16)27(25,26)24-21-9-5-3-7-18(21)15-23-20-8-4-2-6-17(20)14-22/h2-13,15,24H,1H3. The second-order valence-electron chi connectivity index (χ2n) is 5.89. The lowest BCUT2D eigenvalue weighted by molar-refractivity contribution is 0.601. The summed E-state index contributed by atoms with van der Waals surface area (Å²) in [4.78, 5) is 4.53. The van der Waals surface area contributed by atoms with Crippen molar-refractivity contribution in [3.8, 4) is 6.07 Å². The van der Waals surface area contributed by atoms with Gasteiger partial charge < -0.3 is 0 Å². The Labute approximate surface area is 158 Å². The van der Waals surface area contributed by atoms with E-state index in [0.717, 1.165) is 5.56 Å². The van der Waals surface area contributed by atoms with Crippen LogP contribution < -0.4 is 4.72 Å². The van der Waals surface area contributed by atoms with Crippen LogP contribution in [0.4, 0.5) is 11.4 Å². The summed E-state index contributed by atoms with van der Waals surface area (Å²) < 4.78 is 27.9. The largest absolute Gasteiger partial charge is 0.279 e. The third-order valence-corrected chi connectivity index (χ3v) is 5.29. The monoisotopic (exact) mass is 375 g/mol. The van der Waals surface area contributed by atoms with E-state index in [2.05, 4.69) is 15.8 Å². The molecule has 0 atom stereocenters. The molecule has 0 aromatic heterocycles. The third kappa shape index (κ3) is 4.40. The molecular weight excluding hydrogens is 358 g/mol. The normalized spacial score (nSPS) is 11.3. The van der Waals surface area contributed by atoms with E-state index < -0.39 is 10.0 Å². The van der Waals surface area contributed by atoms with Crippen LogP contribution in [-0.4, -0.2) is 14.6 Å². The molecule has 0 bridgehead atoms. The maximum absolute atomic E-state index is 12.6. The van der Waals surface area contributed by atoms with Crippen molar-refractivity contribution in [3.05, 3.63) is 89.5 Å². The lowest BCUT2D eigenvalue weighted by atomic mass is 10.2. The fraction of sp³-hybridized carbons (Fsp3) is 0.0476. The molecule has 134 valence electrons. The molecule has 3 aromatic rings. The number of benzene rings is 3. The van der Waals surface area contributed by atoms with Gasteiger partial charge in [0.2, 0.25) is 0 Å². The highest BCUT2D eigenvalue weighted by Gasteiger charge is 2.15. The van der Waals surface area contributed by atoms with E-state index in [-0.39, 0.29) is 4.90 Å². The third-order valence-electron chi connectivity index (χ3n) is 3.90. The zero-order chi connectivity index (χ0) is 19.3. The Morgan fingerprint density at radius 2 is 1.63 bits per heavy atom. The van der Waals surface area contributed by atoms with Crippen LogP contribution in [0.15, 0.2) is 82.7 Å². The minimum Gasteiger partial charge on any atom is -0.279 e. The molecule has 6 heteroatoms. The summed E-state index contributed by atoms with van der Waals surface area (Å²) in [6.45, 7) is 1.90. The van der Waals surface area contributed by atoms with E-state index in [0.29, 0.717) is 22.5 Å². The Morgan fingerprint density at radius 3 is 2.37 bits per heavy atom. The lowest BCUT2D eigenvalue weighted by Gasteiger charge is -2.10. The second-order valence-corrected chi connectivity index (χ2v) is 7.58. The Morgan fingerprint density at radius 1 is 0.963 bits per heavy atom. The van der Waals surface area contributed by atoms with E-state index in [9.17, 15) is 8.42 Å². The fourth-order valence-corrected chi connectivity index (χ4v) is 3.53. The minimum absolute atomic E-state index is 0.190. The number of aryl methyl sites for hydroxylation is 1. The van der Waals surface area contributed by atoms with Gasteiger partial charge in [0.15, 0.2) is 0 Å². The molecule has 3 aromatic carbocycles. The first-order chi connectivity index (χ1) is 13.0. The Balaban J connectivity index is 1.91. The maximum Gasteiger partial charge on any atom is 0.261 e. The van der Waals surface area contributed by atoms with Gasteiger partial charge in [-0.1, -0.05) is 48.0 Å². The predicted molar refractivity (Wildman–Crippen MR) is 107 cm³/mol. The van der Waals surface area contributed by atoms with Crippen LogP contribution in [0.5, 0.6) is 0 Å². The van der Waals surface area contributed by atoms with Gasteiger partial charge in [-0.05, 0) is 37.3 Å². The van der Waals surface area contributed by atoms with Crippen LogP contribution in [-0.2, 0) is 10.0 Å². The van der Waals surface area contributed by atoms with Gasteiger partial charge >= 0.3 is 0 Å². The molecule has 0 aliphatic heterocycles. The molecule has 0 saturated heterocycles. The van der Waals surface area contributed by atoms with E-state index in [1.807, 2.05) is 6.92 Å². The predicted octanol–water partition coefficient (Wildman–Crippen LogP) is 4.42. The molecule has 0 saturated carbocycles. The van der Waals surface area contributed by atoms with Gasteiger partial charge in [-0.15, -0.1) is 0 Å². The molecular formula is C21H17N3O2S. The zero-order valence-electron chi connectivity index (χ0n) is 14.6. The van der Waals surface area contributed by atoms with Crippen LogP contribution in [0.1, 0.15) is 16.7 Å². The molecule has 0 aliphatic rings. The Kier molecular flexibility index (Phi) is 5.34. The van der Waals surface area contributed by atoms with Crippen molar-refractivity contribution < 1.29 is 8.42 Å². The molecule has 0 amide bonds. The summed E-state index contributed by atoms with van der Waals surface area (Å²) >= 11 is 0. The molecule has 0 fully saturated rings. The number of rotatable bonds is 5. The highest BCUT2D eigenvalue weighted by molar-refractivity contribution is 7.92. The van der Waals surface area contributed by atoms with Crippen molar-refractivity contribution in [2.75, 3.05) is 4.72 Å². The van der Waals surface area contributed by atoms with Crippen molar-refractivity contribution in [3.63, 3.8) is 0 Å². The van der Waals surface area contributed by atoms with Crippen molar-refractivity contribution in [2.45, 2.75) is 11.8 Å². The number of sulfonamides is 1. The van der Waals surface area contributed by atoms with E-state index in [4.69, 9.17) is 5.26 Å². The molecule has 0 spiro atoms. The molecule has 27 heavy (non-hydrogen) atoms. The van der Waals surface area contributed by atoms with E-state index >= 15 is 0 Å². The first kappa shape index (κ1) is 18.4. The molecule has 0 radical (unpaired) electrons. The number of nitrogens with zero attached hydrogens (tertiary/aromatic N) is 2. The highest BCUT2D eigenvalue weighted by atomic mass is 32.2. The topological polar surface area (TPSA) is 82.3 Å². The van der Waals surface area contributed by atoms with Gasteiger partial charge in [-0.3, -0.25) is 9.71 Å². The number of nitriles is 1. The van der Waals surface area contributed by atoms with Crippen LogP contribution in [0.25, 0.3) is 0 Å². The van der Waals surface area contributed by atoms with Crippen molar-refractivity contribution in [1.82, 2.24) is 0 Å². The second kappa shape index (κ2) is 7.85. The van der Waals surface area contributed by atoms with Gasteiger partial charge in [-0.25, -0.2) is 8.42 Å². The number of hydrogen-bond acceptors (Lipinski definition) is 4. The number of aliphatic imine (C=N–C) groups is 1. The van der Waals surface area contributed by atoms with Crippen molar-refractivity contribution in [2.24, 2.45) is 4.99 Å². The summed E-state index contributed by atoms with van der Waals surface area (Å²) in [7, 11) is -3.71. The van der Waals surface area contributed by atoms with Gasteiger partial charge in [0.25, 0.3) is 10.0 Å². The fourth-order valence-electron chi connectivity index (χ4n) is 2.44. The smallest absolute Gasteiger partial charge is 0.261 e. The van der Waals surface area contributed by atoms with Gasteiger partial charge in [0, 0.05) is 11.8 Å². The average Bonchev–Trinajstić information content (AvgIpc) is 2.67. The Hall–Kier alpha value is -3.43. The summed E-state index contributed by atoms with van der Waals surface area (Å²) in [5.41, 5.74) is 2.97. The average molecular weight is 375 g/mol. The summed E-state index contributed by atoms with van der Waals surface area (Å²) in [5, 5.41) is 9.15. The maximum atomic E-state index is 12.6. The van der Waals surface area contributed by atoms with Crippen LogP contribution in [0, 0.1) is 18.3 Å². The first-order valence-electron chi connectivity index (χ1n) is 8.21. The van der Waals surface area contributed by atoms with Crippen LogP contribution in [0.3, 0.4) is 0 Å². The minimum atomic E-state index is -3.71. The quantitative estimate of drug-likeness (QED) is 0.670. The molecule has 1 N–H and O–H groups in total. The summed E-state index contributed by atoms with van der Waals surface area (Å²) in [6, 6.07) is 22.6. The lowest BCUT2D eigenvalue weighted by Crippen LogP contribution is -2.14. The Bertz CT molecular complexity index is 1130. The number of hydrogen-bond donors (Lipinski definition) is 1. The van der Waals surface area contributed by atoms with Gasteiger partial charge in [-0.2, -0.15) is 5.26 Å². The summed E-state index contributed by atoms with van der Waals surface area (Å²) in [6.07, 6.45) is 1.54. The number of para-hydroxylation sites is 2. The summed E-state index contributed by atoms with van der Waals surface area (Å²) in [5.74, 6) is 0. The molecule has 0 aliphatic carbocycles. The molecule has 5 nitrogen and oxygen atoms in total. The highest BCUT2D eigenvalue weighted by Crippen LogP contribution is 2.22. The molecule has 0 unspecified atom stereocenters. The zero-order valence-corrected chi connectivity index (χ0v) is 15.4. The first-order valence-corrected chi connectivity index (χ1v) is 9.69. The molecule has 3 rings (SSSR count). The SMILES string of the molecule is Cc1ccc(S(=O)(=O)Nc2ccccc2C=Nc2ccccc2C#N)cc1.